The Morgan fingerprint density at radius 2 is 2.50 bits per heavy atom. The van der Waals surface area contributed by atoms with Gasteiger partial charge in [-0.3, -0.25) is 4.79 Å². The highest BCUT2D eigenvalue weighted by Crippen LogP contribution is 1.89. The molecule has 1 N–H and O–H groups in total. The van der Waals surface area contributed by atoms with E-state index in [2.05, 4.69) is 16.8 Å². The molecule has 0 radical (unpaired) electrons. The maximum atomic E-state index is 10.5. The predicted octanol–water partition coefficient (Wildman–Crippen LogP) is 0.498. The lowest BCUT2D eigenvalue weighted by molar-refractivity contribution is 0.920. The van der Waals surface area contributed by atoms with Gasteiger partial charge in [0, 0.05) is 12.5 Å². The summed E-state index contributed by atoms with van der Waals surface area (Å²) < 4.78 is 0. The van der Waals surface area contributed by atoms with Crippen LogP contribution in [-0.4, -0.2) is 10.2 Å². The fourth-order valence-corrected chi connectivity index (χ4v) is 0.635. The van der Waals surface area contributed by atoms with Crippen molar-refractivity contribution < 1.29 is 0 Å². The summed E-state index contributed by atoms with van der Waals surface area (Å²) in [5.41, 5.74) is 0.655. The van der Waals surface area contributed by atoms with E-state index in [9.17, 15) is 4.79 Å². The molecule has 0 aliphatic heterocycles. The molecule has 10 heavy (non-hydrogen) atoms. The van der Waals surface area contributed by atoms with Gasteiger partial charge in [0.05, 0.1) is 5.69 Å². The molecule has 0 aromatic carbocycles. The van der Waals surface area contributed by atoms with Crippen molar-refractivity contribution in [3.63, 3.8) is 0 Å². The van der Waals surface area contributed by atoms with Crippen LogP contribution in [0.1, 0.15) is 5.69 Å². The third-order valence-electron chi connectivity index (χ3n) is 1.09. The molecule has 0 bridgehead atoms. The molecule has 1 heterocycles. The number of aromatic nitrogens is 2. The molecule has 0 amide bonds. The SMILES string of the molecule is C=CCc1ccc(=O)[nH]n1. The van der Waals surface area contributed by atoms with Gasteiger partial charge in [0.15, 0.2) is 0 Å². The Morgan fingerprint density at radius 3 is 3.00 bits per heavy atom. The van der Waals surface area contributed by atoms with Gasteiger partial charge in [-0.05, 0) is 6.07 Å². The fourth-order valence-electron chi connectivity index (χ4n) is 0.635. The smallest absolute Gasteiger partial charge is 0.264 e. The molecule has 0 atom stereocenters. The van der Waals surface area contributed by atoms with E-state index in [0.717, 1.165) is 5.69 Å². The summed E-state index contributed by atoms with van der Waals surface area (Å²) in [7, 11) is 0. The first-order valence-electron chi connectivity index (χ1n) is 2.98. The molecule has 1 aromatic rings. The molecule has 0 saturated carbocycles. The molecular weight excluding hydrogens is 128 g/mol. The second kappa shape index (κ2) is 2.96. The fraction of sp³-hybridized carbons (Fsp3) is 0.143. The van der Waals surface area contributed by atoms with E-state index in [1.54, 1.807) is 12.1 Å². The van der Waals surface area contributed by atoms with Crippen molar-refractivity contribution in [2.45, 2.75) is 6.42 Å². The number of nitrogens with one attached hydrogen (secondary N) is 1. The maximum Gasteiger partial charge on any atom is 0.264 e. The first-order chi connectivity index (χ1) is 4.83. The Hall–Kier alpha value is -1.38. The number of hydrogen-bond acceptors (Lipinski definition) is 2. The maximum absolute atomic E-state index is 10.5. The average Bonchev–Trinajstić information content (AvgIpc) is 1.95. The predicted molar refractivity (Wildman–Crippen MR) is 38.8 cm³/mol. The minimum Gasteiger partial charge on any atom is -0.268 e. The van der Waals surface area contributed by atoms with Gasteiger partial charge in [0.25, 0.3) is 5.56 Å². The van der Waals surface area contributed by atoms with Gasteiger partial charge in [-0.2, -0.15) is 5.10 Å². The number of nitrogens with zero attached hydrogens (tertiary/aromatic N) is 1. The summed E-state index contributed by atoms with van der Waals surface area (Å²) in [5, 5.41) is 6.09. The first kappa shape index (κ1) is 6.74. The van der Waals surface area contributed by atoms with Gasteiger partial charge >= 0.3 is 0 Å². The van der Waals surface area contributed by atoms with E-state index >= 15 is 0 Å². The van der Waals surface area contributed by atoms with E-state index in [1.807, 2.05) is 0 Å². The van der Waals surface area contributed by atoms with E-state index < -0.39 is 0 Å². The molecule has 52 valence electrons. The number of hydrogen-bond donors (Lipinski definition) is 1. The zero-order valence-electron chi connectivity index (χ0n) is 5.50. The lowest BCUT2D eigenvalue weighted by Gasteiger charge is -1.90. The molecule has 0 spiro atoms. The number of H-pyrrole nitrogens is 1. The van der Waals surface area contributed by atoms with Gasteiger partial charge < -0.3 is 0 Å². The summed E-state index contributed by atoms with van der Waals surface area (Å²) in [5.74, 6) is 0. The van der Waals surface area contributed by atoms with Crippen LogP contribution in [0.4, 0.5) is 0 Å². The van der Waals surface area contributed by atoms with Crippen molar-refractivity contribution in [2.75, 3.05) is 0 Å². The highest BCUT2D eigenvalue weighted by atomic mass is 16.1. The lowest BCUT2D eigenvalue weighted by atomic mass is 10.3. The lowest BCUT2D eigenvalue weighted by Crippen LogP contribution is -2.06. The number of aromatic amines is 1. The zero-order valence-corrected chi connectivity index (χ0v) is 5.50. The van der Waals surface area contributed by atoms with Crippen molar-refractivity contribution >= 4 is 0 Å². The first-order valence-corrected chi connectivity index (χ1v) is 2.98. The minimum atomic E-state index is -0.173. The van der Waals surface area contributed by atoms with Crippen molar-refractivity contribution in [2.24, 2.45) is 0 Å². The highest BCUT2D eigenvalue weighted by Gasteiger charge is 1.88. The van der Waals surface area contributed by atoms with E-state index in [0.29, 0.717) is 6.42 Å². The molecule has 3 nitrogen and oxygen atoms in total. The van der Waals surface area contributed by atoms with Gasteiger partial charge in [-0.25, -0.2) is 5.10 Å². The van der Waals surface area contributed by atoms with Crippen LogP contribution in [0.3, 0.4) is 0 Å². The van der Waals surface area contributed by atoms with Crippen LogP contribution in [0.5, 0.6) is 0 Å². The molecule has 0 aliphatic carbocycles. The second-order valence-corrected chi connectivity index (χ2v) is 1.91. The Balaban J connectivity index is 2.89. The molecule has 0 saturated heterocycles. The van der Waals surface area contributed by atoms with Crippen LogP contribution >= 0.6 is 0 Å². The zero-order chi connectivity index (χ0) is 7.40. The van der Waals surface area contributed by atoms with Crippen molar-refractivity contribution in [3.05, 3.63) is 40.8 Å². The largest absolute Gasteiger partial charge is 0.268 e. The molecule has 0 aliphatic rings. The Kier molecular flexibility index (Phi) is 1.99. The summed E-state index contributed by atoms with van der Waals surface area (Å²) in [4.78, 5) is 10.5. The van der Waals surface area contributed by atoms with Crippen LogP contribution in [0.2, 0.25) is 0 Å². The van der Waals surface area contributed by atoms with Gasteiger partial charge in [0.2, 0.25) is 0 Å². The van der Waals surface area contributed by atoms with E-state index in [-0.39, 0.29) is 5.56 Å². The van der Waals surface area contributed by atoms with Crippen molar-refractivity contribution in [1.82, 2.24) is 10.2 Å². The van der Waals surface area contributed by atoms with Gasteiger partial charge in [0.1, 0.15) is 0 Å². The molecular formula is C7H8N2O. The Bertz CT molecular complexity index is 257. The molecule has 0 fully saturated rings. The second-order valence-electron chi connectivity index (χ2n) is 1.91. The Morgan fingerprint density at radius 1 is 1.70 bits per heavy atom. The number of allylic oxidation sites excluding steroid dienone is 1. The standard InChI is InChI=1S/C7H8N2O/c1-2-3-6-4-5-7(10)9-8-6/h2,4-5H,1,3H2,(H,9,10). The van der Waals surface area contributed by atoms with Crippen LogP contribution in [0, 0.1) is 0 Å². The molecule has 0 unspecified atom stereocenters. The summed E-state index contributed by atoms with van der Waals surface area (Å²) in [6.45, 7) is 3.55. The number of rotatable bonds is 2. The normalized spacial score (nSPS) is 9.20. The molecule has 1 rings (SSSR count). The van der Waals surface area contributed by atoms with E-state index in [1.165, 1.54) is 6.07 Å². The van der Waals surface area contributed by atoms with Crippen molar-refractivity contribution in [3.8, 4) is 0 Å². The van der Waals surface area contributed by atoms with Gasteiger partial charge in [-0.15, -0.1) is 6.58 Å². The third kappa shape index (κ3) is 1.55. The van der Waals surface area contributed by atoms with Crippen LogP contribution in [0.25, 0.3) is 0 Å². The summed E-state index contributed by atoms with van der Waals surface area (Å²) in [6.07, 6.45) is 2.43. The topological polar surface area (TPSA) is 45.8 Å². The van der Waals surface area contributed by atoms with Crippen molar-refractivity contribution in [1.29, 1.82) is 0 Å². The van der Waals surface area contributed by atoms with Crippen LogP contribution in [-0.2, 0) is 6.42 Å². The van der Waals surface area contributed by atoms with Crippen LogP contribution < -0.4 is 5.56 Å². The summed E-state index contributed by atoms with van der Waals surface area (Å²) >= 11 is 0. The molecule has 1 aromatic heterocycles. The monoisotopic (exact) mass is 136 g/mol. The molecule has 3 heteroatoms. The highest BCUT2D eigenvalue weighted by molar-refractivity contribution is 5.02. The third-order valence-corrected chi connectivity index (χ3v) is 1.09. The quantitative estimate of drug-likeness (QED) is 0.602. The Labute approximate surface area is 58.4 Å². The summed E-state index contributed by atoms with van der Waals surface area (Å²) in [6, 6.07) is 3.13. The minimum absolute atomic E-state index is 0.173. The van der Waals surface area contributed by atoms with Gasteiger partial charge in [-0.1, -0.05) is 6.08 Å². The van der Waals surface area contributed by atoms with E-state index in [4.69, 9.17) is 0 Å². The average molecular weight is 136 g/mol. The van der Waals surface area contributed by atoms with Crippen LogP contribution in [0.15, 0.2) is 29.6 Å².